The van der Waals surface area contributed by atoms with E-state index in [0.29, 0.717) is 29.3 Å². The smallest absolute Gasteiger partial charge is 0.372 e. The van der Waals surface area contributed by atoms with Gasteiger partial charge in [-0.1, -0.05) is 74.5 Å². The molecule has 0 spiro atoms. The Balaban J connectivity index is 0.00000605. The molecule has 3 amide bonds. The maximum Gasteiger partial charge on any atom is 0.372 e. The van der Waals surface area contributed by atoms with Crippen molar-refractivity contribution in [1.29, 1.82) is 0 Å². The number of rotatable bonds is 13. The van der Waals surface area contributed by atoms with Crippen molar-refractivity contribution in [2.45, 2.75) is 64.7 Å². The van der Waals surface area contributed by atoms with E-state index in [1.54, 1.807) is 59.6 Å². The third kappa shape index (κ3) is 9.78. The number of amides is 3. The summed E-state index contributed by atoms with van der Waals surface area (Å²) >= 11 is 0. The fraction of sp³-hybridized carbons (Fsp3) is 0.359. The zero-order valence-corrected chi connectivity index (χ0v) is 31.5. The van der Waals surface area contributed by atoms with Gasteiger partial charge in [-0.05, 0) is 37.3 Å². The summed E-state index contributed by atoms with van der Waals surface area (Å²) in [5.74, 6) is -2.07. The summed E-state index contributed by atoms with van der Waals surface area (Å²) in [6, 6.07) is 19.7. The maximum atomic E-state index is 14.4. The lowest BCUT2D eigenvalue weighted by molar-refractivity contribution is -0.685. The number of carbonyl (C=O) groups excluding carboxylic acids is 5. The van der Waals surface area contributed by atoms with Gasteiger partial charge in [0.1, 0.15) is 19.2 Å². The third-order valence-electron chi connectivity index (χ3n) is 8.64. The van der Waals surface area contributed by atoms with Crippen LogP contribution in [0.2, 0.25) is 0 Å². The number of methoxy groups -OCH3 is 1. The number of nitrogens with zero attached hydrogens (tertiary/aromatic N) is 4. The number of Topliss-reactive ketones (excluding diaryl/α,β-unsaturated/α-hetero) is 1. The number of carbonyl (C=O) groups is 5. The van der Waals surface area contributed by atoms with Crippen LogP contribution in [0.3, 0.4) is 0 Å². The molecule has 5 rings (SSSR count). The Hall–Kier alpha value is -5.17. The van der Waals surface area contributed by atoms with Crippen LogP contribution in [0.15, 0.2) is 96.4 Å². The van der Waals surface area contributed by atoms with E-state index in [0.717, 1.165) is 5.56 Å². The van der Waals surface area contributed by atoms with Crippen LogP contribution in [-0.2, 0) is 41.6 Å². The molecule has 1 aromatic heterocycles. The first-order valence-corrected chi connectivity index (χ1v) is 16.9. The van der Waals surface area contributed by atoms with Crippen LogP contribution >= 0.6 is 0 Å². The third-order valence-corrected chi connectivity index (χ3v) is 8.64. The molecule has 0 saturated heterocycles. The molecule has 2 aliphatic rings. The summed E-state index contributed by atoms with van der Waals surface area (Å²) in [5.41, 5.74) is 1.72. The zero-order chi connectivity index (χ0) is 36.7. The van der Waals surface area contributed by atoms with E-state index in [1.165, 1.54) is 16.9 Å². The van der Waals surface area contributed by atoms with Gasteiger partial charge >= 0.3 is 5.97 Å². The molecule has 0 fully saturated rings. The highest BCUT2D eigenvalue weighted by Crippen LogP contribution is 2.31. The van der Waals surface area contributed by atoms with Gasteiger partial charge in [-0.25, -0.2) is 9.79 Å². The van der Waals surface area contributed by atoms with E-state index < -0.39 is 41.3 Å². The minimum absolute atomic E-state index is 0. The van der Waals surface area contributed by atoms with Gasteiger partial charge in [-0.3, -0.25) is 24.1 Å². The van der Waals surface area contributed by atoms with Crippen molar-refractivity contribution in [3.05, 3.63) is 108 Å². The number of ketones is 1. The van der Waals surface area contributed by atoms with Gasteiger partial charge in [0.25, 0.3) is 11.8 Å². The normalized spacial score (nSPS) is 17.0. The molecule has 0 unspecified atom stereocenters. The first-order chi connectivity index (χ1) is 24.3. The number of aliphatic imine (C=N–C) groups is 1. The van der Waals surface area contributed by atoms with Gasteiger partial charge in [0.15, 0.2) is 24.1 Å². The molecule has 0 saturated carbocycles. The van der Waals surface area contributed by atoms with Crippen LogP contribution < -0.4 is 26.9 Å². The molecule has 0 bridgehead atoms. The van der Waals surface area contributed by atoms with E-state index in [9.17, 15) is 24.0 Å². The average molecular weight is 775 g/mol. The van der Waals surface area contributed by atoms with Gasteiger partial charge in [-0.15, -0.1) is 0 Å². The Morgan fingerprint density at radius 1 is 1.00 bits per heavy atom. The van der Waals surface area contributed by atoms with Crippen LogP contribution in [0.25, 0.3) is 5.70 Å². The number of benzene rings is 2. The number of esters is 1. The summed E-state index contributed by atoms with van der Waals surface area (Å²) in [6.07, 6.45) is 4.96. The van der Waals surface area contributed by atoms with Crippen LogP contribution in [0.4, 0.5) is 0 Å². The fourth-order valence-electron chi connectivity index (χ4n) is 6.04. The minimum Gasteiger partial charge on any atom is -1.00 e. The van der Waals surface area contributed by atoms with Crippen LogP contribution in [0, 0.1) is 5.92 Å². The highest BCUT2D eigenvalue weighted by Gasteiger charge is 2.42. The predicted molar refractivity (Wildman–Crippen MR) is 189 cm³/mol. The minimum atomic E-state index is -0.928. The Bertz CT molecular complexity index is 1830. The van der Waals surface area contributed by atoms with E-state index >= 15 is 0 Å². The van der Waals surface area contributed by atoms with E-state index in [-0.39, 0.29) is 54.6 Å². The van der Waals surface area contributed by atoms with Crippen molar-refractivity contribution in [1.82, 2.24) is 15.1 Å². The molecule has 0 radical (unpaired) electrons. The highest BCUT2D eigenvalue weighted by atomic mass is 79.9. The van der Waals surface area contributed by atoms with Gasteiger partial charge in [0, 0.05) is 18.3 Å². The lowest BCUT2D eigenvalue weighted by Gasteiger charge is -2.41. The van der Waals surface area contributed by atoms with E-state index in [1.807, 2.05) is 64.1 Å². The molecule has 3 aromatic rings. The largest absolute Gasteiger partial charge is 1.00 e. The summed E-state index contributed by atoms with van der Waals surface area (Å²) in [6.45, 7) is 7.48. The molecule has 3 heterocycles. The van der Waals surface area contributed by atoms with Crippen molar-refractivity contribution < 1.29 is 55.0 Å². The maximum absolute atomic E-state index is 14.4. The number of pyridine rings is 1. The van der Waals surface area contributed by atoms with Crippen LogP contribution in [0.5, 0.6) is 0 Å². The fourth-order valence-corrected chi connectivity index (χ4v) is 6.04. The quantitative estimate of drug-likeness (QED) is 0.196. The predicted octanol–water partition coefficient (Wildman–Crippen LogP) is 0.353. The highest BCUT2D eigenvalue weighted by molar-refractivity contribution is 6.05. The number of nitrogens with one attached hydrogen (secondary N) is 1. The first kappa shape index (κ1) is 39.6. The molecule has 2 aliphatic heterocycles. The Labute approximate surface area is 314 Å². The van der Waals surface area contributed by atoms with Crippen LogP contribution in [-0.4, -0.2) is 83.1 Å². The summed E-state index contributed by atoms with van der Waals surface area (Å²) < 4.78 is 12.0. The zero-order valence-electron chi connectivity index (χ0n) is 30.0. The Morgan fingerprint density at radius 3 is 2.21 bits per heavy atom. The Kier molecular flexibility index (Phi) is 13.2. The standard InChI is InChI=1S/C39H43N5O7.BrH/c1-26(2)36-38(49)43(23-33(46)40-30(20-27-12-8-6-9-13-27)32(45)21-34-41-39(3,4)25-51-34)31(28-14-10-7-11-15-28)22-44(36)37(48)29-16-18-42(19-17-29)24-35(47)50-5;/h6-19,22,26,30,36H,20-21,23-25H2,1-5H3;1H/t30-,36+;/m0./s1. The van der Waals surface area contributed by atoms with Crippen molar-refractivity contribution in [3.63, 3.8) is 0 Å². The van der Waals surface area contributed by atoms with Crippen LogP contribution in [0.1, 0.15) is 55.6 Å². The van der Waals surface area contributed by atoms with Gasteiger partial charge in [-0.2, -0.15) is 4.57 Å². The summed E-state index contributed by atoms with van der Waals surface area (Å²) in [7, 11) is 1.30. The summed E-state index contributed by atoms with van der Waals surface area (Å²) in [4.78, 5) is 74.9. The number of hydrogen-bond acceptors (Lipinski definition) is 8. The molecule has 1 N–H and O–H groups in total. The monoisotopic (exact) mass is 773 g/mol. The molecular weight excluding hydrogens is 730 g/mol. The van der Waals surface area contributed by atoms with Gasteiger partial charge < -0.3 is 36.7 Å². The summed E-state index contributed by atoms with van der Waals surface area (Å²) in [5, 5.41) is 2.89. The Morgan fingerprint density at radius 2 is 1.63 bits per heavy atom. The SMILES string of the molecule is COC(=O)C[n+]1ccc(C(=O)N2C=C(c3ccccc3)N(CC(=O)N[C@@H](Cc3ccccc3)C(=O)CC3=NC(C)(C)CO3)C(=O)[C@H]2C(C)C)cc1.[Br-]. The molecule has 12 nitrogen and oxygen atoms in total. The molecule has 0 aliphatic carbocycles. The van der Waals surface area contributed by atoms with E-state index in [4.69, 9.17) is 9.47 Å². The van der Waals surface area contributed by atoms with Gasteiger partial charge in [0.2, 0.25) is 12.5 Å². The van der Waals surface area contributed by atoms with Crippen molar-refractivity contribution in [2.75, 3.05) is 20.3 Å². The van der Waals surface area contributed by atoms with Crippen molar-refractivity contribution >= 4 is 41.1 Å². The molecule has 2 atom stereocenters. The average Bonchev–Trinajstić information content (AvgIpc) is 3.46. The first-order valence-electron chi connectivity index (χ1n) is 16.9. The second kappa shape index (κ2) is 17.4. The van der Waals surface area contributed by atoms with Gasteiger partial charge in [0.05, 0.1) is 36.4 Å². The topological polar surface area (TPSA) is 139 Å². The second-order valence-electron chi connectivity index (χ2n) is 13.6. The molecule has 52 heavy (non-hydrogen) atoms. The molecule has 274 valence electrons. The second-order valence-corrected chi connectivity index (χ2v) is 13.6. The number of hydrogen-bond donors (Lipinski definition) is 1. The number of aromatic nitrogens is 1. The van der Waals surface area contributed by atoms with Crippen molar-refractivity contribution in [3.8, 4) is 0 Å². The molecular formula is C39H44BrN5O7. The van der Waals surface area contributed by atoms with Crippen molar-refractivity contribution in [2.24, 2.45) is 10.9 Å². The molecule has 2 aromatic carbocycles. The molecule has 13 heteroatoms. The van der Waals surface area contributed by atoms with E-state index in [2.05, 4.69) is 10.3 Å². The lowest BCUT2D eigenvalue weighted by atomic mass is 9.96. The number of halogens is 1. The number of ether oxygens (including phenoxy) is 2. The lowest BCUT2D eigenvalue weighted by Crippen LogP contribution is -3.00.